The highest BCUT2D eigenvalue weighted by Crippen LogP contribution is 2.28. The summed E-state index contributed by atoms with van der Waals surface area (Å²) < 4.78 is 6.45. The number of carbonyl (C=O) groups is 2. The topological polar surface area (TPSA) is 61.9 Å². The van der Waals surface area contributed by atoms with E-state index in [9.17, 15) is 9.59 Å². The Kier molecular flexibility index (Phi) is 8.13. The van der Waals surface area contributed by atoms with Crippen LogP contribution in [0.2, 0.25) is 5.02 Å². The third-order valence-electron chi connectivity index (χ3n) is 4.91. The van der Waals surface area contributed by atoms with Gasteiger partial charge >= 0.3 is 0 Å². The van der Waals surface area contributed by atoms with Crippen LogP contribution in [-0.2, 0) is 4.79 Å². The molecular formula is C22H25BrClN3O3. The van der Waals surface area contributed by atoms with Crippen LogP contribution < -0.4 is 10.1 Å². The second kappa shape index (κ2) is 10.8. The van der Waals surface area contributed by atoms with Gasteiger partial charge < -0.3 is 19.9 Å². The lowest BCUT2D eigenvalue weighted by Crippen LogP contribution is -2.47. The van der Waals surface area contributed by atoms with Gasteiger partial charge in [-0.2, -0.15) is 0 Å². The first-order valence-electron chi connectivity index (χ1n) is 9.88. The summed E-state index contributed by atoms with van der Waals surface area (Å²) in [5, 5.41) is 3.49. The van der Waals surface area contributed by atoms with E-state index in [0.29, 0.717) is 41.5 Å². The molecule has 1 aliphatic rings. The predicted molar refractivity (Wildman–Crippen MR) is 122 cm³/mol. The quantitative estimate of drug-likeness (QED) is 0.584. The Balaban J connectivity index is 1.41. The van der Waals surface area contributed by atoms with E-state index < -0.39 is 0 Å². The molecule has 1 heterocycles. The van der Waals surface area contributed by atoms with Crippen LogP contribution in [0.4, 0.5) is 5.69 Å². The van der Waals surface area contributed by atoms with Gasteiger partial charge in [0.05, 0.1) is 11.1 Å². The minimum Gasteiger partial charge on any atom is -0.492 e. The van der Waals surface area contributed by atoms with Gasteiger partial charge in [0.2, 0.25) is 5.91 Å². The first kappa shape index (κ1) is 22.6. The number of amides is 2. The molecule has 8 heteroatoms. The van der Waals surface area contributed by atoms with Crippen molar-refractivity contribution in [3.63, 3.8) is 0 Å². The molecule has 0 atom stereocenters. The first-order valence-corrected chi connectivity index (χ1v) is 11.0. The summed E-state index contributed by atoms with van der Waals surface area (Å²) in [6.07, 6.45) is 0.925. The van der Waals surface area contributed by atoms with Gasteiger partial charge in [-0.25, -0.2) is 0 Å². The van der Waals surface area contributed by atoms with E-state index in [2.05, 4.69) is 33.2 Å². The van der Waals surface area contributed by atoms with Gasteiger partial charge in [0.15, 0.2) is 0 Å². The van der Waals surface area contributed by atoms with Gasteiger partial charge in [0, 0.05) is 48.9 Å². The number of nitrogens with zero attached hydrogens (tertiary/aromatic N) is 2. The van der Waals surface area contributed by atoms with E-state index in [4.69, 9.17) is 16.3 Å². The van der Waals surface area contributed by atoms with E-state index >= 15 is 0 Å². The number of halogens is 2. The average molecular weight is 495 g/mol. The van der Waals surface area contributed by atoms with Crippen molar-refractivity contribution >= 4 is 45.0 Å². The number of ether oxygens (including phenoxy) is 1. The number of hydrogen-bond acceptors (Lipinski definition) is 4. The maximum Gasteiger partial charge on any atom is 0.253 e. The maximum absolute atomic E-state index is 12.6. The van der Waals surface area contributed by atoms with Crippen molar-refractivity contribution in [2.45, 2.75) is 12.8 Å². The largest absolute Gasteiger partial charge is 0.492 e. The van der Waals surface area contributed by atoms with Crippen LogP contribution in [0.15, 0.2) is 46.9 Å². The summed E-state index contributed by atoms with van der Waals surface area (Å²) in [6.45, 7) is 3.67. The van der Waals surface area contributed by atoms with Crippen molar-refractivity contribution in [2.75, 3.05) is 45.2 Å². The molecule has 1 fully saturated rings. The molecule has 2 aromatic rings. The van der Waals surface area contributed by atoms with E-state index in [1.807, 2.05) is 4.90 Å². The molecule has 160 valence electrons. The Bertz CT molecular complexity index is 884. The highest BCUT2D eigenvalue weighted by molar-refractivity contribution is 9.10. The van der Waals surface area contributed by atoms with Gasteiger partial charge in [0.1, 0.15) is 5.75 Å². The third kappa shape index (κ3) is 6.45. The molecule has 3 rings (SSSR count). The summed E-state index contributed by atoms with van der Waals surface area (Å²) >= 11 is 9.31. The number of carbonyl (C=O) groups excluding carboxylic acids is 2. The monoisotopic (exact) mass is 493 g/mol. The molecule has 1 N–H and O–H groups in total. The van der Waals surface area contributed by atoms with Crippen molar-refractivity contribution in [1.82, 2.24) is 9.80 Å². The van der Waals surface area contributed by atoms with Gasteiger partial charge in [-0.1, -0.05) is 11.6 Å². The second-order valence-electron chi connectivity index (χ2n) is 7.25. The van der Waals surface area contributed by atoms with Crippen LogP contribution in [0, 0.1) is 0 Å². The lowest BCUT2D eigenvalue weighted by atomic mass is 10.1. The molecule has 0 aromatic heterocycles. The Hall–Kier alpha value is -2.09. The van der Waals surface area contributed by atoms with Crippen LogP contribution in [0.1, 0.15) is 23.2 Å². The molecule has 2 amide bonds. The highest BCUT2D eigenvalue weighted by atomic mass is 79.9. The zero-order valence-corrected chi connectivity index (χ0v) is 19.2. The van der Waals surface area contributed by atoms with Crippen molar-refractivity contribution in [2.24, 2.45) is 0 Å². The molecule has 0 unspecified atom stereocenters. The smallest absolute Gasteiger partial charge is 0.253 e. The average Bonchev–Trinajstić information content (AvgIpc) is 2.73. The molecule has 1 aliphatic heterocycles. The van der Waals surface area contributed by atoms with Gasteiger partial charge in [0.25, 0.3) is 5.91 Å². The lowest BCUT2D eigenvalue weighted by molar-refractivity contribution is -0.116. The summed E-state index contributed by atoms with van der Waals surface area (Å²) in [7, 11) is 2.06. The number of nitrogens with one attached hydrogen (secondary N) is 1. The predicted octanol–water partition coefficient (Wildman–Crippen LogP) is 4.29. The molecular weight excluding hydrogens is 470 g/mol. The molecule has 0 saturated carbocycles. The zero-order chi connectivity index (χ0) is 21.5. The number of benzene rings is 2. The summed E-state index contributed by atoms with van der Waals surface area (Å²) in [6, 6.07) is 12.4. The molecule has 2 aromatic carbocycles. The number of hydrogen-bond donors (Lipinski definition) is 1. The number of anilines is 1. The van der Waals surface area contributed by atoms with Gasteiger partial charge in [-0.05, 0) is 71.9 Å². The Morgan fingerprint density at radius 1 is 1.10 bits per heavy atom. The summed E-state index contributed by atoms with van der Waals surface area (Å²) in [4.78, 5) is 28.8. The summed E-state index contributed by atoms with van der Waals surface area (Å²) in [5.41, 5.74) is 1.32. The molecule has 0 radical (unpaired) electrons. The Morgan fingerprint density at radius 3 is 2.47 bits per heavy atom. The van der Waals surface area contributed by atoms with E-state index in [1.165, 1.54) is 0 Å². The van der Waals surface area contributed by atoms with Crippen LogP contribution >= 0.6 is 27.5 Å². The fourth-order valence-electron chi connectivity index (χ4n) is 3.12. The Morgan fingerprint density at radius 2 is 1.80 bits per heavy atom. The van der Waals surface area contributed by atoms with E-state index in [0.717, 1.165) is 30.7 Å². The maximum atomic E-state index is 12.6. The second-order valence-corrected chi connectivity index (χ2v) is 8.54. The lowest BCUT2D eigenvalue weighted by Gasteiger charge is -2.32. The van der Waals surface area contributed by atoms with Gasteiger partial charge in [-0.3, -0.25) is 9.59 Å². The fraction of sp³-hybridized carbons (Fsp3) is 0.364. The number of piperazine rings is 1. The minimum atomic E-state index is -0.0908. The molecule has 6 nitrogen and oxygen atoms in total. The van der Waals surface area contributed by atoms with Gasteiger partial charge in [-0.15, -0.1) is 0 Å². The van der Waals surface area contributed by atoms with Crippen LogP contribution in [0.25, 0.3) is 0 Å². The molecule has 0 aliphatic carbocycles. The van der Waals surface area contributed by atoms with Crippen molar-refractivity contribution < 1.29 is 14.3 Å². The first-order chi connectivity index (χ1) is 14.4. The van der Waals surface area contributed by atoms with E-state index in [1.54, 1.807) is 42.5 Å². The number of rotatable bonds is 7. The van der Waals surface area contributed by atoms with Crippen molar-refractivity contribution in [1.29, 1.82) is 0 Å². The molecule has 30 heavy (non-hydrogen) atoms. The SMILES string of the molecule is CN1CCN(C(=O)c2ccc(NC(=O)CCCOc3ccc(Cl)cc3Br)cc2)CC1. The molecule has 0 bridgehead atoms. The summed E-state index contributed by atoms with van der Waals surface area (Å²) in [5.74, 6) is 0.638. The highest BCUT2D eigenvalue weighted by Gasteiger charge is 2.20. The van der Waals surface area contributed by atoms with Crippen molar-refractivity contribution in [3.8, 4) is 5.75 Å². The normalized spacial score (nSPS) is 14.4. The Labute approximate surface area is 190 Å². The van der Waals surface area contributed by atoms with Crippen molar-refractivity contribution in [3.05, 3.63) is 57.5 Å². The fourth-order valence-corrected chi connectivity index (χ4v) is 3.92. The minimum absolute atomic E-state index is 0.0338. The third-order valence-corrected chi connectivity index (χ3v) is 5.76. The van der Waals surface area contributed by atoms with Crippen LogP contribution in [0.3, 0.4) is 0 Å². The number of likely N-dealkylation sites (N-methyl/N-ethyl adjacent to an activating group) is 1. The van der Waals surface area contributed by atoms with Crippen LogP contribution in [0.5, 0.6) is 5.75 Å². The standard InChI is InChI=1S/C22H25BrClN3O3/c1-26-10-12-27(13-11-26)22(29)16-4-7-18(8-5-16)25-21(28)3-2-14-30-20-9-6-17(24)15-19(20)23/h4-9,15H,2-3,10-14H2,1H3,(H,25,28). The zero-order valence-electron chi connectivity index (χ0n) is 16.9. The van der Waals surface area contributed by atoms with E-state index in [-0.39, 0.29) is 11.8 Å². The molecule has 1 saturated heterocycles. The van der Waals surface area contributed by atoms with Crippen LogP contribution in [-0.4, -0.2) is 61.4 Å². The molecule has 0 spiro atoms.